The van der Waals surface area contributed by atoms with Crippen molar-refractivity contribution in [3.05, 3.63) is 33.8 Å². The zero-order valence-electron chi connectivity index (χ0n) is 10.4. The average Bonchev–Trinajstić information content (AvgIpc) is 3.01. The van der Waals surface area contributed by atoms with Gasteiger partial charge in [0.1, 0.15) is 33.3 Å². The third-order valence-electron chi connectivity index (χ3n) is 2.62. The van der Waals surface area contributed by atoms with E-state index in [0.717, 1.165) is 11.3 Å². The normalized spacial score (nSPS) is 10.8. The van der Waals surface area contributed by atoms with Crippen LogP contribution in [0.1, 0.15) is 20.4 Å². The number of aryl methyl sites for hydroxylation is 1. The van der Waals surface area contributed by atoms with E-state index in [-0.39, 0.29) is 11.5 Å². The first-order valence-corrected chi connectivity index (χ1v) is 6.50. The molecule has 0 aliphatic carbocycles. The summed E-state index contributed by atoms with van der Waals surface area (Å²) in [4.78, 5) is 15.3. The molecular formula is C12H9N3O4S. The number of hydrogen-bond donors (Lipinski definition) is 1. The van der Waals surface area contributed by atoms with Gasteiger partial charge in [-0.1, -0.05) is 0 Å². The first-order valence-electron chi connectivity index (χ1n) is 5.68. The molecule has 0 amide bonds. The van der Waals surface area contributed by atoms with E-state index in [0.29, 0.717) is 27.5 Å². The number of nitrogens with zero attached hydrogens (tertiary/aromatic N) is 3. The van der Waals surface area contributed by atoms with E-state index < -0.39 is 5.97 Å². The van der Waals surface area contributed by atoms with Crippen molar-refractivity contribution in [1.29, 1.82) is 0 Å². The fourth-order valence-electron chi connectivity index (χ4n) is 1.71. The van der Waals surface area contributed by atoms with Gasteiger partial charge in [-0.15, -0.1) is 11.3 Å². The van der Waals surface area contributed by atoms with E-state index in [4.69, 9.17) is 9.84 Å². The molecular weight excluding hydrogens is 282 g/mol. The Morgan fingerprint density at radius 1 is 1.40 bits per heavy atom. The molecule has 3 aromatic rings. The van der Waals surface area contributed by atoms with Gasteiger partial charge in [-0.3, -0.25) is 0 Å². The number of thiazole rings is 1. The van der Waals surface area contributed by atoms with Crippen molar-refractivity contribution in [1.82, 2.24) is 15.3 Å². The molecule has 2 aromatic heterocycles. The lowest BCUT2D eigenvalue weighted by Gasteiger charge is -2.02. The largest absolute Gasteiger partial charge is 0.486 e. The molecule has 0 saturated heterocycles. The van der Waals surface area contributed by atoms with Crippen LogP contribution in [0.2, 0.25) is 0 Å². The Hall–Kier alpha value is -2.48. The first kappa shape index (κ1) is 12.5. The van der Waals surface area contributed by atoms with Crippen molar-refractivity contribution in [2.75, 3.05) is 0 Å². The summed E-state index contributed by atoms with van der Waals surface area (Å²) in [6, 6.07) is 5.17. The van der Waals surface area contributed by atoms with Crippen LogP contribution in [0.25, 0.3) is 11.0 Å². The summed E-state index contributed by atoms with van der Waals surface area (Å²) in [5.74, 6) is -0.376. The average molecular weight is 291 g/mol. The molecule has 8 heteroatoms. The van der Waals surface area contributed by atoms with Gasteiger partial charge in [0.2, 0.25) is 0 Å². The zero-order valence-corrected chi connectivity index (χ0v) is 11.2. The van der Waals surface area contributed by atoms with Gasteiger partial charge in [0, 0.05) is 6.07 Å². The molecule has 0 saturated carbocycles. The van der Waals surface area contributed by atoms with Crippen molar-refractivity contribution in [2.24, 2.45) is 0 Å². The summed E-state index contributed by atoms with van der Waals surface area (Å²) in [6.45, 7) is 1.87. The quantitative estimate of drug-likeness (QED) is 0.787. The van der Waals surface area contributed by atoms with Gasteiger partial charge in [-0.2, -0.15) is 0 Å². The summed E-state index contributed by atoms with van der Waals surface area (Å²) in [5, 5.41) is 17.0. The van der Waals surface area contributed by atoms with Crippen LogP contribution in [0.5, 0.6) is 5.75 Å². The molecule has 3 rings (SSSR count). The smallest absolute Gasteiger partial charge is 0.347 e. The lowest BCUT2D eigenvalue weighted by Crippen LogP contribution is -1.94. The van der Waals surface area contributed by atoms with Crippen LogP contribution in [0.4, 0.5) is 0 Å². The van der Waals surface area contributed by atoms with Crippen molar-refractivity contribution >= 4 is 28.3 Å². The van der Waals surface area contributed by atoms with E-state index in [1.807, 2.05) is 0 Å². The van der Waals surface area contributed by atoms with Gasteiger partial charge < -0.3 is 9.84 Å². The highest BCUT2D eigenvalue weighted by atomic mass is 32.1. The third kappa shape index (κ3) is 2.32. The van der Waals surface area contributed by atoms with Crippen molar-refractivity contribution in [2.45, 2.75) is 13.5 Å². The molecule has 1 aromatic carbocycles. The number of aromatic nitrogens is 3. The lowest BCUT2D eigenvalue weighted by molar-refractivity contribution is 0.0701. The fourth-order valence-corrected chi connectivity index (χ4v) is 2.53. The van der Waals surface area contributed by atoms with Crippen LogP contribution in [0.15, 0.2) is 22.8 Å². The molecule has 0 fully saturated rings. The maximum atomic E-state index is 10.9. The minimum Gasteiger partial charge on any atom is -0.486 e. The SMILES string of the molecule is Cc1nc(COc2ccc3nonc3c2)sc1C(=O)O. The number of ether oxygens (including phenoxy) is 1. The van der Waals surface area contributed by atoms with Gasteiger partial charge >= 0.3 is 5.97 Å². The van der Waals surface area contributed by atoms with E-state index in [9.17, 15) is 4.79 Å². The molecule has 0 bridgehead atoms. The van der Waals surface area contributed by atoms with Crippen molar-refractivity contribution in [3.63, 3.8) is 0 Å². The van der Waals surface area contributed by atoms with E-state index in [1.165, 1.54) is 0 Å². The lowest BCUT2D eigenvalue weighted by atomic mass is 10.3. The standard InChI is InChI=1S/C12H9N3O4S/c1-6-11(12(16)17)20-10(13-6)5-18-7-2-3-8-9(4-7)15-19-14-8/h2-4H,5H2,1H3,(H,16,17). The van der Waals surface area contributed by atoms with Crippen LogP contribution in [0, 0.1) is 6.92 Å². The van der Waals surface area contributed by atoms with Crippen molar-refractivity contribution in [3.8, 4) is 5.75 Å². The van der Waals surface area contributed by atoms with Gasteiger partial charge in [-0.05, 0) is 29.4 Å². The van der Waals surface area contributed by atoms with Crippen LogP contribution in [-0.4, -0.2) is 26.4 Å². The maximum absolute atomic E-state index is 10.9. The molecule has 2 heterocycles. The van der Waals surface area contributed by atoms with E-state index in [2.05, 4.69) is 19.9 Å². The highest BCUT2D eigenvalue weighted by Crippen LogP contribution is 2.22. The molecule has 102 valence electrons. The number of fused-ring (bicyclic) bond motifs is 1. The van der Waals surface area contributed by atoms with Crippen molar-refractivity contribution < 1.29 is 19.3 Å². The van der Waals surface area contributed by atoms with Crippen LogP contribution >= 0.6 is 11.3 Å². The summed E-state index contributed by atoms with van der Waals surface area (Å²) in [7, 11) is 0. The Morgan fingerprint density at radius 2 is 2.20 bits per heavy atom. The van der Waals surface area contributed by atoms with E-state index in [1.54, 1.807) is 25.1 Å². The number of carboxylic acids is 1. The van der Waals surface area contributed by atoms with Gasteiger partial charge in [0.15, 0.2) is 0 Å². The molecule has 0 atom stereocenters. The second-order valence-corrected chi connectivity index (χ2v) is 5.11. The highest BCUT2D eigenvalue weighted by molar-refractivity contribution is 7.13. The molecule has 0 aliphatic rings. The molecule has 0 spiro atoms. The molecule has 20 heavy (non-hydrogen) atoms. The minimum absolute atomic E-state index is 0.204. The highest BCUT2D eigenvalue weighted by Gasteiger charge is 2.14. The van der Waals surface area contributed by atoms with Crippen LogP contribution < -0.4 is 4.74 Å². The molecule has 1 N–H and O–H groups in total. The molecule has 7 nitrogen and oxygen atoms in total. The second-order valence-electron chi connectivity index (χ2n) is 4.03. The van der Waals surface area contributed by atoms with Gasteiger partial charge in [0.05, 0.1) is 5.69 Å². The first-order chi connectivity index (χ1) is 9.63. The third-order valence-corrected chi connectivity index (χ3v) is 3.74. The van der Waals surface area contributed by atoms with Crippen LogP contribution in [0.3, 0.4) is 0 Å². The van der Waals surface area contributed by atoms with Gasteiger partial charge in [0.25, 0.3) is 0 Å². The Bertz CT molecular complexity index is 780. The number of carbonyl (C=O) groups is 1. The Kier molecular flexibility index (Phi) is 3.07. The zero-order chi connectivity index (χ0) is 14.1. The monoisotopic (exact) mass is 291 g/mol. The number of rotatable bonds is 4. The maximum Gasteiger partial charge on any atom is 0.347 e. The molecule has 0 aliphatic heterocycles. The Labute approximate surface area is 116 Å². The van der Waals surface area contributed by atoms with Crippen LogP contribution in [-0.2, 0) is 6.61 Å². The number of hydrogen-bond acceptors (Lipinski definition) is 7. The summed E-state index contributed by atoms with van der Waals surface area (Å²) >= 11 is 1.11. The predicted molar refractivity (Wildman–Crippen MR) is 69.9 cm³/mol. The second kappa shape index (κ2) is 4.89. The molecule has 0 unspecified atom stereocenters. The summed E-state index contributed by atoms with van der Waals surface area (Å²) in [6.07, 6.45) is 0. The van der Waals surface area contributed by atoms with Gasteiger partial charge in [-0.25, -0.2) is 14.4 Å². The van der Waals surface area contributed by atoms with E-state index >= 15 is 0 Å². The Balaban J connectivity index is 1.75. The number of aromatic carboxylic acids is 1. The minimum atomic E-state index is -0.971. The molecule has 0 radical (unpaired) electrons. The fraction of sp³-hybridized carbons (Fsp3) is 0.167. The number of benzene rings is 1. The summed E-state index contributed by atoms with van der Waals surface area (Å²) in [5.41, 5.74) is 1.75. The number of carboxylic acid groups (broad SMARTS) is 1. The Morgan fingerprint density at radius 3 is 2.95 bits per heavy atom. The topological polar surface area (TPSA) is 98.3 Å². The summed E-state index contributed by atoms with van der Waals surface area (Å²) < 4.78 is 10.2. The predicted octanol–water partition coefficient (Wildman–Crippen LogP) is 2.26.